The van der Waals surface area contributed by atoms with E-state index >= 15 is 0 Å². The van der Waals surface area contributed by atoms with Gasteiger partial charge < -0.3 is 19.7 Å². The Bertz CT molecular complexity index is 1320. The van der Waals surface area contributed by atoms with Gasteiger partial charge in [-0.15, -0.1) is 0 Å². The van der Waals surface area contributed by atoms with E-state index in [1.165, 1.54) is 22.6 Å². The number of benzene rings is 1. The molecule has 1 aliphatic rings. The van der Waals surface area contributed by atoms with Gasteiger partial charge in [0.15, 0.2) is 5.11 Å². The van der Waals surface area contributed by atoms with Crippen molar-refractivity contribution in [3.63, 3.8) is 0 Å². The summed E-state index contributed by atoms with van der Waals surface area (Å²) in [5.41, 5.74) is 7.90. The summed E-state index contributed by atoms with van der Waals surface area (Å²) in [6, 6.07) is 22.9. The van der Waals surface area contributed by atoms with Crippen LogP contribution in [-0.2, 0) is 6.54 Å². The Morgan fingerprint density at radius 3 is 2.29 bits per heavy atom. The summed E-state index contributed by atoms with van der Waals surface area (Å²) < 4.78 is 2.32. The second-order valence-electron chi connectivity index (χ2n) is 9.15. The lowest BCUT2D eigenvalue weighted by molar-refractivity contribution is 0.307. The fraction of sp³-hybridized carbons (Fsp3) is 0.250. The van der Waals surface area contributed by atoms with E-state index in [0.29, 0.717) is 6.54 Å². The molecule has 0 amide bonds. The van der Waals surface area contributed by atoms with Crippen molar-refractivity contribution in [3.05, 3.63) is 107 Å². The quantitative estimate of drug-likeness (QED) is 0.385. The third-order valence-electron chi connectivity index (χ3n) is 6.67. The maximum Gasteiger partial charge on any atom is 0.170 e. The molecule has 0 aliphatic carbocycles. The summed E-state index contributed by atoms with van der Waals surface area (Å²) in [4.78, 5) is 13.6. The van der Waals surface area contributed by atoms with Gasteiger partial charge in [-0.2, -0.15) is 0 Å². The maximum atomic E-state index is 5.86. The Morgan fingerprint density at radius 2 is 1.66 bits per heavy atom. The molecule has 7 heteroatoms. The van der Waals surface area contributed by atoms with Crippen LogP contribution in [0.3, 0.4) is 0 Å². The molecule has 6 nitrogen and oxygen atoms in total. The first-order chi connectivity index (χ1) is 16.9. The predicted molar refractivity (Wildman–Crippen MR) is 145 cm³/mol. The van der Waals surface area contributed by atoms with E-state index < -0.39 is 0 Å². The van der Waals surface area contributed by atoms with E-state index in [0.717, 1.165) is 22.2 Å². The highest BCUT2D eigenvalue weighted by Crippen LogP contribution is 2.42. The molecule has 5 rings (SSSR count). The average molecular weight is 483 g/mol. The highest BCUT2D eigenvalue weighted by molar-refractivity contribution is 7.80. The number of nitrogens with zero attached hydrogens (tertiary/aromatic N) is 5. The molecule has 1 fully saturated rings. The lowest BCUT2D eigenvalue weighted by Gasteiger charge is -2.28. The number of aromatic nitrogens is 3. The van der Waals surface area contributed by atoms with Crippen LogP contribution in [0.15, 0.2) is 79.1 Å². The van der Waals surface area contributed by atoms with Gasteiger partial charge in [-0.25, -0.2) is 0 Å². The van der Waals surface area contributed by atoms with Gasteiger partial charge in [-0.3, -0.25) is 9.97 Å². The molecule has 178 valence electrons. The number of aryl methyl sites for hydroxylation is 1. The molecule has 35 heavy (non-hydrogen) atoms. The number of pyridine rings is 2. The predicted octanol–water partition coefficient (Wildman–Crippen LogP) is 5.12. The van der Waals surface area contributed by atoms with Gasteiger partial charge in [0.1, 0.15) is 0 Å². The van der Waals surface area contributed by atoms with Crippen molar-refractivity contribution in [2.75, 3.05) is 19.0 Å². The molecular weight excluding hydrogens is 452 g/mol. The number of hydrogen-bond donors (Lipinski definition) is 1. The topological polar surface area (TPSA) is 49.2 Å². The zero-order chi connectivity index (χ0) is 24.5. The summed E-state index contributed by atoms with van der Waals surface area (Å²) in [5.74, 6) is 0. The van der Waals surface area contributed by atoms with Crippen molar-refractivity contribution in [2.45, 2.75) is 32.5 Å². The summed E-state index contributed by atoms with van der Waals surface area (Å²) in [6.45, 7) is 4.98. The second kappa shape index (κ2) is 9.50. The summed E-state index contributed by atoms with van der Waals surface area (Å²) in [7, 11) is 4.12. The minimum atomic E-state index is -0.0579. The smallest absolute Gasteiger partial charge is 0.170 e. The zero-order valence-electron chi connectivity index (χ0n) is 20.5. The average Bonchev–Trinajstić information content (AvgIpc) is 3.35. The van der Waals surface area contributed by atoms with Crippen molar-refractivity contribution >= 4 is 23.0 Å². The minimum Gasteiger partial charge on any atom is -0.378 e. The molecule has 1 N–H and O–H groups in total. The van der Waals surface area contributed by atoms with Crippen LogP contribution >= 0.6 is 12.2 Å². The van der Waals surface area contributed by atoms with Crippen LogP contribution in [-0.4, -0.2) is 38.6 Å². The Balaban J connectivity index is 1.59. The molecule has 3 aromatic heterocycles. The van der Waals surface area contributed by atoms with Gasteiger partial charge >= 0.3 is 0 Å². The van der Waals surface area contributed by atoms with Gasteiger partial charge in [0, 0.05) is 49.3 Å². The first kappa shape index (κ1) is 23.1. The first-order valence-corrected chi connectivity index (χ1v) is 12.2. The summed E-state index contributed by atoms with van der Waals surface area (Å²) >= 11 is 5.86. The molecular formula is C28H30N6S. The van der Waals surface area contributed by atoms with Crippen LogP contribution in [0.2, 0.25) is 0 Å². The molecule has 0 saturated carbocycles. The Kier molecular flexibility index (Phi) is 6.26. The lowest BCUT2D eigenvalue weighted by atomic mass is 9.96. The largest absolute Gasteiger partial charge is 0.378 e. The van der Waals surface area contributed by atoms with Crippen molar-refractivity contribution in [1.82, 2.24) is 24.8 Å². The Labute approximate surface area is 212 Å². The van der Waals surface area contributed by atoms with E-state index in [2.05, 4.69) is 94.0 Å². The van der Waals surface area contributed by atoms with E-state index in [-0.39, 0.29) is 12.1 Å². The first-order valence-electron chi connectivity index (χ1n) is 11.8. The van der Waals surface area contributed by atoms with Gasteiger partial charge in [-0.05, 0) is 86.2 Å². The standard InChI is InChI=1S/C28H30N6S/c1-19-17-24(20(2)34(19)23-13-11-22(12-14-23)32(3)4)27-26(25-10-6-8-16-30-25)31-28(35)33(27)18-21-9-5-7-15-29-21/h5-17,26-27H,18H2,1-4H3,(H,31,35)/t26-,27+/m1/s1. The number of thiocarbonyl (C=S) groups is 1. The molecule has 1 aliphatic heterocycles. The highest BCUT2D eigenvalue weighted by Gasteiger charge is 2.41. The number of nitrogens with one attached hydrogen (secondary N) is 1. The van der Waals surface area contributed by atoms with Gasteiger partial charge in [-0.1, -0.05) is 12.1 Å². The van der Waals surface area contributed by atoms with Crippen LogP contribution in [0, 0.1) is 13.8 Å². The van der Waals surface area contributed by atoms with Crippen molar-refractivity contribution in [3.8, 4) is 5.69 Å². The normalized spacial score (nSPS) is 17.5. The summed E-state index contributed by atoms with van der Waals surface area (Å²) in [6.07, 6.45) is 3.67. The van der Waals surface area contributed by atoms with Crippen molar-refractivity contribution in [2.24, 2.45) is 0 Å². The van der Waals surface area contributed by atoms with Crippen LogP contribution in [0.5, 0.6) is 0 Å². The second-order valence-corrected chi connectivity index (χ2v) is 9.53. The summed E-state index contributed by atoms with van der Waals surface area (Å²) in [5, 5.41) is 4.28. The van der Waals surface area contributed by atoms with E-state index in [1.807, 2.05) is 42.7 Å². The Morgan fingerprint density at radius 1 is 0.943 bits per heavy atom. The molecule has 1 saturated heterocycles. The highest BCUT2D eigenvalue weighted by atomic mass is 32.1. The maximum absolute atomic E-state index is 5.86. The van der Waals surface area contributed by atoms with Crippen molar-refractivity contribution < 1.29 is 0 Å². The van der Waals surface area contributed by atoms with Crippen LogP contribution < -0.4 is 10.2 Å². The number of hydrogen-bond acceptors (Lipinski definition) is 4. The van der Waals surface area contributed by atoms with E-state index in [9.17, 15) is 0 Å². The van der Waals surface area contributed by atoms with E-state index in [4.69, 9.17) is 12.2 Å². The molecule has 2 atom stereocenters. The van der Waals surface area contributed by atoms with Crippen LogP contribution in [0.1, 0.15) is 40.4 Å². The molecule has 1 aromatic carbocycles. The molecule has 0 spiro atoms. The lowest BCUT2D eigenvalue weighted by Crippen LogP contribution is -2.29. The third kappa shape index (κ3) is 4.39. The molecule has 4 aromatic rings. The Hall–Kier alpha value is -3.71. The number of rotatable bonds is 6. The molecule has 4 heterocycles. The van der Waals surface area contributed by atoms with Gasteiger partial charge in [0.2, 0.25) is 0 Å². The SMILES string of the molecule is Cc1cc([C@H]2[C@@H](c3ccccn3)NC(=S)N2Cc2ccccn2)c(C)n1-c1ccc(N(C)C)cc1. The fourth-order valence-electron chi connectivity index (χ4n) is 4.96. The monoisotopic (exact) mass is 482 g/mol. The molecule has 0 bridgehead atoms. The molecule has 0 unspecified atom stereocenters. The van der Waals surface area contributed by atoms with Gasteiger partial charge in [0.25, 0.3) is 0 Å². The minimum absolute atomic E-state index is 0.0135. The van der Waals surface area contributed by atoms with Crippen LogP contribution in [0.4, 0.5) is 5.69 Å². The third-order valence-corrected chi connectivity index (χ3v) is 7.02. The number of anilines is 1. The van der Waals surface area contributed by atoms with Crippen LogP contribution in [0.25, 0.3) is 5.69 Å². The van der Waals surface area contributed by atoms with E-state index in [1.54, 1.807) is 0 Å². The van der Waals surface area contributed by atoms with Gasteiger partial charge in [0.05, 0.1) is 30.0 Å². The zero-order valence-corrected chi connectivity index (χ0v) is 21.3. The fourth-order valence-corrected chi connectivity index (χ4v) is 5.27. The van der Waals surface area contributed by atoms with Crippen molar-refractivity contribution in [1.29, 1.82) is 0 Å². The molecule has 0 radical (unpaired) electrons.